The molecule has 1 amide bonds. The van der Waals surface area contributed by atoms with E-state index in [1.54, 1.807) is 6.07 Å². The number of benzene rings is 1. The molecule has 0 aliphatic heterocycles. The smallest absolute Gasteiger partial charge is 0.240 e. The Balaban J connectivity index is 1.82. The third kappa shape index (κ3) is 4.72. The third-order valence-electron chi connectivity index (χ3n) is 3.19. The summed E-state index contributed by atoms with van der Waals surface area (Å²) < 4.78 is 4.96. The number of carbonyl (C=O) groups excluding carboxylic acids is 1. The zero-order valence-corrected chi connectivity index (χ0v) is 12.7. The zero-order valence-electron chi connectivity index (χ0n) is 12.7. The van der Waals surface area contributed by atoms with Crippen LogP contribution in [0.4, 0.5) is 5.88 Å². The summed E-state index contributed by atoms with van der Waals surface area (Å²) in [7, 11) is 1.92. The van der Waals surface area contributed by atoms with Crippen molar-refractivity contribution in [3.8, 4) is 0 Å². The minimum atomic E-state index is -0.112. The van der Waals surface area contributed by atoms with E-state index < -0.39 is 0 Å². The molecule has 0 spiro atoms. The molecule has 0 saturated carbocycles. The molecular weight excluding hydrogens is 266 g/mol. The fraction of sp³-hybridized carbons (Fsp3) is 0.375. The predicted octanol–water partition coefficient (Wildman–Crippen LogP) is 2.62. The Hall–Kier alpha value is -2.14. The van der Waals surface area contributed by atoms with Crippen molar-refractivity contribution in [3.05, 3.63) is 47.2 Å². The van der Waals surface area contributed by atoms with Crippen molar-refractivity contribution in [2.45, 2.75) is 26.8 Å². The van der Waals surface area contributed by atoms with Gasteiger partial charge in [0.05, 0.1) is 12.2 Å². The monoisotopic (exact) mass is 287 g/mol. The van der Waals surface area contributed by atoms with Gasteiger partial charge in [-0.15, -0.1) is 0 Å². The highest BCUT2D eigenvalue weighted by atomic mass is 16.5. The van der Waals surface area contributed by atoms with Crippen molar-refractivity contribution >= 4 is 11.8 Å². The molecular formula is C16H21N3O2. The van der Waals surface area contributed by atoms with Gasteiger partial charge in [-0.1, -0.05) is 36.3 Å². The largest absolute Gasteiger partial charge is 0.338 e. The van der Waals surface area contributed by atoms with Crippen molar-refractivity contribution < 1.29 is 9.32 Å². The first-order valence-corrected chi connectivity index (χ1v) is 7.06. The number of nitrogens with one attached hydrogen (secondary N) is 1. The van der Waals surface area contributed by atoms with E-state index in [1.165, 1.54) is 11.1 Å². The molecule has 112 valence electrons. The van der Waals surface area contributed by atoms with Gasteiger partial charge in [0.15, 0.2) is 0 Å². The molecule has 0 fully saturated rings. The molecule has 1 N–H and O–H groups in total. The molecule has 0 radical (unpaired) electrons. The molecule has 1 aromatic carbocycles. The molecule has 5 nitrogen and oxygen atoms in total. The predicted molar refractivity (Wildman–Crippen MR) is 82.0 cm³/mol. The number of likely N-dealkylation sites (N-methyl/N-ethyl adjacent to an activating group) is 1. The molecule has 0 bridgehead atoms. The fourth-order valence-electron chi connectivity index (χ4n) is 2.09. The number of carbonyl (C=O) groups is 1. The molecule has 2 aromatic rings. The minimum Gasteiger partial charge on any atom is -0.338 e. The van der Waals surface area contributed by atoms with E-state index in [0.717, 1.165) is 18.7 Å². The third-order valence-corrected chi connectivity index (χ3v) is 3.19. The molecule has 0 aliphatic rings. The van der Waals surface area contributed by atoms with Crippen molar-refractivity contribution in [2.75, 3.05) is 18.9 Å². The fourth-order valence-corrected chi connectivity index (χ4v) is 2.09. The summed E-state index contributed by atoms with van der Waals surface area (Å²) in [5.41, 5.74) is 3.26. The maximum Gasteiger partial charge on any atom is 0.240 e. The molecule has 0 unspecified atom stereocenters. The first-order chi connectivity index (χ1) is 10.1. The maximum absolute atomic E-state index is 11.9. The number of hydrogen-bond donors (Lipinski definition) is 1. The number of nitrogens with zero attached hydrogens (tertiary/aromatic N) is 2. The van der Waals surface area contributed by atoms with Crippen LogP contribution in [0, 0.1) is 6.92 Å². The summed E-state index contributed by atoms with van der Waals surface area (Å²) in [6.07, 6.45) is 1.04. The van der Waals surface area contributed by atoms with Gasteiger partial charge >= 0.3 is 0 Å². The summed E-state index contributed by atoms with van der Waals surface area (Å²) >= 11 is 0. The lowest BCUT2D eigenvalue weighted by molar-refractivity contribution is -0.117. The van der Waals surface area contributed by atoms with Crippen LogP contribution in [-0.4, -0.2) is 29.6 Å². The average Bonchev–Trinajstić information content (AvgIpc) is 2.84. The first kappa shape index (κ1) is 15.3. The van der Waals surface area contributed by atoms with Gasteiger partial charge in [-0.05, 0) is 31.5 Å². The van der Waals surface area contributed by atoms with E-state index in [2.05, 4.69) is 41.7 Å². The quantitative estimate of drug-likeness (QED) is 0.887. The first-order valence-electron chi connectivity index (χ1n) is 7.06. The number of rotatable bonds is 6. The van der Waals surface area contributed by atoms with Gasteiger partial charge in [-0.3, -0.25) is 15.0 Å². The van der Waals surface area contributed by atoms with E-state index in [1.807, 2.05) is 18.9 Å². The highest BCUT2D eigenvalue weighted by Crippen LogP contribution is 2.09. The number of anilines is 1. The highest BCUT2D eigenvalue weighted by molar-refractivity contribution is 5.90. The Morgan fingerprint density at radius 1 is 1.29 bits per heavy atom. The van der Waals surface area contributed by atoms with Crippen molar-refractivity contribution in [1.29, 1.82) is 0 Å². The second-order valence-corrected chi connectivity index (χ2v) is 5.22. The minimum absolute atomic E-state index is 0.112. The molecule has 5 heteroatoms. The average molecular weight is 287 g/mol. The van der Waals surface area contributed by atoms with E-state index in [-0.39, 0.29) is 5.91 Å². The van der Waals surface area contributed by atoms with E-state index >= 15 is 0 Å². The molecule has 1 heterocycles. The van der Waals surface area contributed by atoms with Crippen molar-refractivity contribution in [3.63, 3.8) is 0 Å². The second kappa shape index (κ2) is 7.04. The Morgan fingerprint density at radius 3 is 2.52 bits per heavy atom. The Kier molecular flexibility index (Phi) is 5.11. The second-order valence-electron chi connectivity index (χ2n) is 5.22. The SMILES string of the molecule is CCc1ccc(CN(C)CC(=O)Nc2cc(C)no2)cc1. The normalized spacial score (nSPS) is 10.9. The summed E-state index contributed by atoms with van der Waals surface area (Å²) in [6.45, 7) is 4.98. The van der Waals surface area contributed by atoms with Gasteiger partial charge in [0, 0.05) is 12.6 Å². The summed E-state index contributed by atoms with van der Waals surface area (Å²) in [5.74, 6) is 0.275. The van der Waals surface area contributed by atoms with E-state index in [4.69, 9.17) is 4.52 Å². The lowest BCUT2D eigenvalue weighted by Gasteiger charge is -2.15. The summed E-state index contributed by atoms with van der Waals surface area (Å²) in [5, 5.41) is 6.42. The zero-order chi connectivity index (χ0) is 15.2. The van der Waals surface area contributed by atoms with Gasteiger partial charge < -0.3 is 4.52 Å². The molecule has 0 aliphatic carbocycles. The molecule has 0 saturated heterocycles. The highest BCUT2D eigenvalue weighted by Gasteiger charge is 2.10. The topological polar surface area (TPSA) is 58.4 Å². The van der Waals surface area contributed by atoms with Crippen LogP contribution in [-0.2, 0) is 17.8 Å². The molecule has 2 rings (SSSR count). The van der Waals surface area contributed by atoms with Gasteiger partial charge in [-0.25, -0.2) is 0 Å². The van der Waals surface area contributed by atoms with Crippen LogP contribution in [0.15, 0.2) is 34.9 Å². The lowest BCUT2D eigenvalue weighted by atomic mass is 10.1. The van der Waals surface area contributed by atoms with Crippen LogP contribution in [0.3, 0.4) is 0 Å². The lowest BCUT2D eigenvalue weighted by Crippen LogP contribution is -2.29. The number of aromatic nitrogens is 1. The van der Waals surface area contributed by atoms with Gasteiger partial charge in [0.1, 0.15) is 0 Å². The van der Waals surface area contributed by atoms with Crippen LogP contribution in [0.2, 0.25) is 0 Å². The van der Waals surface area contributed by atoms with Crippen molar-refractivity contribution in [1.82, 2.24) is 10.1 Å². The van der Waals surface area contributed by atoms with Gasteiger partial charge in [0.25, 0.3) is 0 Å². The van der Waals surface area contributed by atoms with Gasteiger partial charge in [-0.2, -0.15) is 0 Å². The van der Waals surface area contributed by atoms with Crippen LogP contribution in [0.1, 0.15) is 23.7 Å². The van der Waals surface area contributed by atoms with Crippen LogP contribution in [0.5, 0.6) is 0 Å². The summed E-state index contributed by atoms with van der Waals surface area (Å²) in [4.78, 5) is 13.8. The van der Waals surface area contributed by atoms with Crippen molar-refractivity contribution in [2.24, 2.45) is 0 Å². The van der Waals surface area contributed by atoms with Crippen LogP contribution < -0.4 is 5.32 Å². The van der Waals surface area contributed by atoms with Gasteiger partial charge in [0.2, 0.25) is 11.8 Å². The Bertz CT molecular complexity index is 590. The number of aryl methyl sites for hydroxylation is 2. The number of amides is 1. The van der Waals surface area contributed by atoms with Crippen LogP contribution in [0.25, 0.3) is 0 Å². The maximum atomic E-state index is 11.9. The van der Waals surface area contributed by atoms with Crippen LogP contribution >= 0.6 is 0 Å². The summed E-state index contributed by atoms with van der Waals surface area (Å²) in [6, 6.07) is 10.2. The number of hydrogen-bond acceptors (Lipinski definition) is 4. The Labute approximate surface area is 124 Å². The van der Waals surface area contributed by atoms with E-state index in [0.29, 0.717) is 12.4 Å². The van der Waals surface area contributed by atoms with E-state index in [9.17, 15) is 4.79 Å². The standard InChI is InChI=1S/C16H21N3O2/c1-4-13-5-7-14(8-6-13)10-19(3)11-15(20)17-16-9-12(2)18-21-16/h5-9H,4,10-11H2,1-3H3,(H,17,20). The molecule has 0 atom stereocenters. The molecule has 21 heavy (non-hydrogen) atoms. The Morgan fingerprint density at radius 2 is 1.95 bits per heavy atom. The molecule has 1 aromatic heterocycles.